The quantitative estimate of drug-likeness (QED) is 0.141. The van der Waals surface area contributed by atoms with Crippen molar-refractivity contribution in [3.05, 3.63) is 124 Å². The first-order valence-electron chi connectivity index (χ1n) is 13.4. The largest absolute Gasteiger partial charge is 0.493 e. The van der Waals surface area contributed by atoms with E-state index in [2.05, 4.69) is 4.99 Å². The molecule has 0 bridgehead atoms. The lowest BCUT2D eigenvalue weighted by molar-refractivity contribution is -0.385. The number of nitro groups is 1. The minimum absolute atomic E-state index is 0.00208. The topological polar surface area (TPSA) is 122 Å². The van der Waals surface area contributed by atoms with Crippen molar-refractivity contribution in [2.45, 2.75) is 26.1 Å². The van der Waals surface area contributed by atoms with Crippen molar-refractivity contribution in [3.8, 4) is 17.2 Å². The number of hydrogen-bond donors (Lipinski definition) is 0. The summed E-state index contributed by atoms with van der Waals surface area (Å²) in [6, 6.07) is 14.7. The Bertz CT molecular complexity index is 2020. The van der Waals surface area contributed by atoms with Gasteiger partial charge in [0.25, 0.3) is 5.56 Å². The van der Waals surface area contributed by atoms with Gasteiger partial charge in [-0.3, -0.25) is 19.5 Å². The highest BCUT2D eigenvalue weighted by molar-refractivity contribution is 7.07. The third-order valence-corrected chi connectivity index (χ3v) is 7.80. The number of aromatic nitrogens is 1. The highest BCUT2D eigenvalue weighted by Gasteiger charge is 2.34. The Morgan fingerprint density at radius 1 is 1.09 bits per heavy atom. The number of carbonyl (C=O) groups is 1. The molecular weight excluding hydrogens is 615 g/mol. The molecule has 10 nitrogen and oxygen atoms in total. The lowest BCUT2D eigenvalue weighted by atomic mass is 9.96. The molecular formula is C31H24F3N3O7S. The molecule has 0 amide bonds. The van der Waals surface area contributed by atoms with E-state index in [1.54, 1.807) is 38.1 Å². The van der Waals surface area contributed by atoms with Gasteiger partial charge in [-0.25, -0.2) is 9.79 Å². The fraction of sp³-hybridized carbons (Fsp3) is 0.194. The first-order chi connectivity index (χ1) is 21.4. The third kappa shape index (κ3) is 6.22. The number of alkyl halides is 3. The maximum absolute atomic E-state index is 13.8. The number of fused-ring (bicyclic) bond motifs is 1. The number of halogens is 3. The molecule has 2 heterocycles. The summed E-state index contributed by atoms with van der Waals surface area (Å²) >= 11 is 1.12. The molecule has 1 aliphatic heterocycles. The summed E-state index contributed by atoms with van der Waals surface area (Å²) in [6.45, 7) is 3.52. The standard InChI is InChI=1S/C31H24F3N3O7S/c1-4-43-29(39)26-17(2)35-30-36(27(26)19-8-6-5-7-9-19)28(38)25(45-30)15-18-10-12-23(24(14-18)42-3)44-22-13-11-20(31(32,33)34)16-21(22)37(40)41/h5-16,27H,4H2,1-3H3/t27-/m0/s1. The van der Waals surface area contributed by atoms with E-state index in [4.69, 9.17) is 14.2 Å². The summed E-state index contributed by atoms with van der Waals surface area (Å²) in [5, 5.41) is 11.5. The summed E-state index contributed by atoms with van der Waals surface area (Å²) in [7, 11) is 1.32. The molecule has 4 aromatic rings. The van der Waals surface area contributed by atoms with Gasteiger partial charge in [-0.05, 0) is 55.3 Å². The van der Waals surface area contributed by atoms with Crippen LogP contribution in [0.15, 0.2) is 87.8 Å². The number of hydrogen-bond acceptors (Lipinski definition) is 9. The lowest BCUT2D eigenvalue weighted by Crippen LogP contribution is -2.39. The minimum Gasteiger partial charge on any atom is -0.493 e. The minimum atomic E-state index is -4.78. The number of benzene rings is 3. The summed E-state index contributed by atoms with van der Waals surface area (Å²) in [6.07, 6.45) is -3.19. The number of allylic oxidation sites excluding steroid dienone is 1. The zero-order chi connectivity index (χ0) is 32.5. The molecule has 5 rings (SSSR count). The Balaban J connectivity index is 1.56. The maximum atomic E-state index is 13.8. The predicted molar refractivity (Wildman–Crippen MR) is 158 cm³/mol. The summed E-state index contributed by atoms with van der Waals surface area (Å²) in [4.78, 5) is 42.2. The monoisotopic (exact) mass is 639 g/mol. The van der Waals surface area contributed by atoms with E-state index in [-0.39, 0.29) is 23.7 Å². The number of nitro benzene ring substituents is 1. The average Bonchev–Trinajstić information content (AvgIpc) is 3.30. The van der Waals surface area contributed by atoms with E-state index in [9.17, 15) is 32.9 Å². The van der Waals surface area contributed by atoms with Crippen molar-refractivity contribution in [2.75, 3.05) is 13.7 Å². The van der Waals surface area contributed by atoms with Crippen LogP contribution in [0.25, 0.3) is 6.08 Å². The van der Waals surface area contributed by atoms with Crippen LogP contribution in [0, 0.1) is 10.1 Å². The second-order valence-electron chi connectivity index (χ2n) is 9.66. The van der Waals surface area contributed by atoms with Crippen molar-refractivity contribution in [2.24, 2.45) is 4.99 Å². The maximum Gasteiger partial charge on any atom is 0.416 e. The number of rotatable bonds is 8. The van der Waals surface area contributed by atoms with Crippen LogP contribution in [0.2, 0.25) is 0 Å². The SMILES string of the molecule is CCOC(=O)C1=C(C)N=c2sc(=Cc3ccc(Oc4ccc(C(F)(F)F)cc4[N+](=O)[O-])c(OC)c3)c(=O)n2[C@H]1c1ccccc1. The Morgan fingerprint density at radius 2 is 1.80 bits per heavy atom. The molecule has 45 heavy (non-hydrogen) atoms. The van der Waals surface area contributed by atoms with Crippen LogP contribution in [-0.2, 0) is 15.7 Å². The number of esters is 1. The Morgan fingerprint density at radius 3 is 2.44 bits per heavy atom. The number of thiazole rings is 1. The molecule has 1 atom stereocenters. The zero-order valence-corrected chi connectivity index (χ0v) is 24.8. The highest BCUT2D eigenvalue weighted by atomic mass is 32.1. The van der Waals surface area contributed by atoms with E-state index in [0.717, 1.165) is 17.4 Å². The molecule has 14 heteroatoms. The van der Waals surface area contributed by atoms with Crippen LogP contribution >= 0.6 is 11.3 Å². The molecule has 0 unspecified atom stereocenters. The van der Waals surface area contributed by atoms with E-state index >= 15 is 0 Å². The van der Waals surface area contributed by atoms with Crippen LogP contribution in [0.4, 0.5) is 18.9 Å². The van der Waals surface area contributed by atoms with Gasteiger partial charge in [-0.15, -0.1) is 0 Å². The molecule has 0 saturated heterocycles. The number of nitrogens with zero attached hydrogens (tertiary/aromatic N) is 3. The molecule has 1 aromatic heterocycles. The Hall–Kier alpha value is -5.24. The first kappa shape index (κ1) is 31.2. The summed E-state index contributed by atoms with van der Waals surface area (Å²) < 4.78 is 57.4. The van der Waals surface area contributed by atoms with Crippen LogP contribution in [0.3, 0.4) is 0 Å². The van der Waals surface area contributed by atoms with Crippen LogP contribution in [-0.4, -0.2) is 29.2 Å². The van der Waals surface area contributed by atoms with Gasteiger partial charge in [0.2, 0.25) is 5.75 Å². The zero-order valence-electron chi connectivity index (χ0n) is 24.0. The number of carbonyl (C=O) groups excluding carboxylic acids is 1. The van der Waals surface area contributed by atoms with Crippen molar-refractivity contribution in [3.63, 3.8) is 0 Å². The first-order valence-corrected chi connectivity index (χ1v) is 14.2. The Labute approximate surface area is 257 Å². The van der Waals surface area contributed by atoms with Gasteiger partial charge >= 0.3 is 17.8 Å². The molecule has 3 aromatic carbocycles. The molecule has 1 aliphatic rings. The van der Waals surface area contributed by atoms with Crippen molar-refractivity contribution in [1.82, 2.24) is 4.57 Å². The second kappa shape index (κ2) is 12.4. The fourth-order valence-electron chi connectivity index (χ4n) is 4.79. The summed E-state index contributed by atoms with van der Waals surface area (Å²) in [5.41, 5.74) is -0.598. The number of ether oxygens (including phenoxy) is 3. The normalized spacial score (nSPS) is 14.9. The van der Waals surface area contributed by atoms with Crippen LogP contribution in [0.1, 0.15) is 36.6 Å². The van der Waals surface area contributed by atoms with E-state index in [1.807, 2.05) is 18.2 Å². The van der Waals surface area contributed by atoms with Gasteiger partial charge in [0.15, 0.2) is 16.3 Å². The van der Waals surface area contributed by atoms with Crippen LogP contribution in [0.5, 0.6) is 17.2 Å². The average molecular weight is 640 g/mol. The lowest BCUT2D eigenvalue weighted by Gasteiger charge is -2.24. The Kier molecular flexibility index (Phi) is 8.60. The molecule has 0 radical (unpaired) electrons. The molecule has 0 spiro atoms. The molecule has 232 valence electrons. The van der Waals surface area contributed by atoms with Crippen LogP contribution < -0.4 is 24.4 Å². The third-order valence-electron chi connectivity index (χ3n) is 6.82. The van der Waals surface area contributed by atoms with Gasteiger partial charge in [-0.2, -0.15) is 13.2 Å². The molecule has 0 aliphatic carbocycles. The summed E-state index contributed by atoms with van der Waals surface area (Å²) in [5.74, 6) is -0.886. The predicted octanol–water partition coefficient (Wildman–Crippen LogP) is 5.53. The van der Waals surface area contributed by atoms with Gasteiger partial charge in [-0.1, -0.05) is 47.7 Å². The molecule has 0 fully saturated rings. The van der Waals surface area contributed by atoms with Crippen molar-refractivity contribution < 1.29 is 37.1 Å². The molecule has 0 N–H and O–H groups in total. The van der Waals surface area contributed by atoms with E-state index in [0.29, 0.717) is 38.3 Å². The van der Waals surface area contributed by atoms with Gasteiger partial charge < -0.3 is 14.2 Å². The van der Waals surface area contributed by atoms with E-state index in [1.165, 1.54) is 23.8 Å². The second-order valence-corrected chi connectivity index (χ2v) is 10.7. The van der Waals surface area contributed by atoms with E-state index < -0.39 is 45.7 Å². The van der Waals surface area contributed by atoms with Gasteiger partial charge in [0, 0.05) is 6.07 Å². The van der Waals surface area contributed by atoms with Crippen molar-refractivity contribution >= 4 is 29.1 Å². The number of methoxy groups -OCH3 is 1. The fourth-order valence-corrected chi connectivity index (χ4v) is 5.84. The van der Waals surface area contributed by atoms with Gasteiger partial charge in [0.1, 0.15) is 0 Å². The highest BCUT2D eigenvalue weighted by Crippen LogP contribution is 2.40. The molecule has 0 saturated carbocycles. The van der Waals surface area contributed by atoms with Gasteiger partial charge in [0.05, 0.1) is 46.0 Å². The smallest absolute Gasteiger partial charge is 0.416 e. The van der Waals surface area contributed by atoms with Crippen molar-refractivity contribution in [1.29, 1.82) is 0 Å².